The van der Waals surface area contributed by atoms with Crippen LogP contribution in [0.15, 0.2) is 35.3 Å². The van der Waals surface area contributed by atoms with Gasteiger partial charge in [-0.3, -0.25) is 4.79 Å². The zero-order chi connectivity index (χ0) is 21.8. The maximum Gasteiger partial charge on any atom is 0.244 e. The van der Waals surface area contributed by atoms with Gasteiger partial charge in [-0.25, -0.2) is 4.98 Å². The molecule has 0 spiro atoms. The summed E-state index contributed by atoms with van der Waals surface area (Å²) in [4.78, 5) is 16.6. The molecule has 2 aromatic heterocycles. The lowest BCUT2D eigenvalue weighted by Crippen LogP contribution is -2.23. The number of carbonyl (C=O) groups excluding carboxylic acids is 1. The molecule has 1 aliphatic rings. The fourth-order valence-corrected chi connectivity index (χ4v) is 4.38. The molecule has 0 saturated carbocycles. The molecular weight excluding hydrogens is 390 g/mol. The van der Waals surface area contributed by atoms with E-state index < -0.39 is 0 Å². The summed E-state index contributed by atoms with van der Waals surface area (Å²) >= 11 is 0. The molecule has 0 atom stereocenters. The maximum absolute atomic E-state index is 12.5. The van der Waals surface area contributed by atoms with Crippen molar-refractivity contribution in [1.82, 2.24) is 14.9 Å². The normalized spacial score (nSPS) is 14.0. The number of carbonyl (C=O) groups is 1. The number of benzene rings is 1. The van der Waals surface area contributed by atoms with Gasteiger partial charge in [-0.05, 0) is 58.1 Å². The van der Waals surface area contributed by atoms with Crippen molar-refractivity contribution in [2.45, 2.75) is 59.4 Å². The summed E-state index contributed by atoms with van der Waals surface area (Å²) < 4.78 is 14.2. The first-order valence-corrected chi connectivity index (χ1v) is 11.2. The quantitative estimate of drug-likeness (QED) is 0.418. The van der Waals surface area contributed by atoms with E-state index in [1.807, 2.05) is 24.6 Å². The Labute approximate surface area is 183 Å². The highest BCUT2D eigenvalue weighted by molar-refractivity contribution is 5.98. The van der Waals surface area contributed by atoms with Gasteiger partial charge in [-0.1, -0.05) is 0 Å². The number of hydrogen-bond donors (Lipinski definition) is 1. The lowest BCUT2D eigenvalue weighted by molar-refractivity contribution is -0.116. The van der Waals surface area contributed by atoms with E-state index in [1.165, 1.54) is 23.8 Å². The number of fused-ring (bicyclic) bond motifs is 3. The number of nitrogens with one attached hydrogen (secondary N) is 1. The molecule has 164 valence electrons. The van der Waals surface area contributed by atoms with Gasteiger partial charge in [0.15, 0.2) is 0 Å². The molecule has 0 fully saturated rings. The molecule has 31 heavy (non-hydrogen) atoms. The lowest BCUT2D eigenvalue weighted by atomic mass is 9.93. The molecule has 0 bridgehead atoms. The average molecular weight is 422 g/mol. The number of aromatic nitrogens is 2. The zero-order valence-electron chi connectivity index (χ0n) is 18.7. The molecule has 6 heteroatoms. The second-order valence-corrected chi connectivity index (χ2v) is 8.17. The topological polar surface area (TPSA) is 69.3 Å². The van der Waals surface area contributed by atoms with E-state index in [1.54, 1.807) is 18.6 Å². The predicted octanol–water partition coefficient (Wildman–Crippen LogP) is 4.83. The van der Waals surface area contributed by atoms with E-state index in [2.05, 4.69) is 23.3 Å². The van der Waals surface area contributed by atoms with Crippen LogP contribution in [0.5, 0.6) is 5.75 Å². The minimum Gasteiger partial charge on any atom is -0.493 e. The largest absolute Gasteiger partial charge is 0.493 e. The molecule has 4 rings (SSSR count). The maximum atomic E-state index is 12.5. The molecule has 6 nitrogen and oxygen atoms in total. The van der Waals surface area contributed by atoms with Gasteiger partial charge < -0.3 is 19.0 Å². The second kappa shape index (κ2) is 9.41. The first-order valence-electron chi connectivity index (χ1n) is 11.2. The molecule has 1 aromatic carbocycles. The van der Waals surface area contributed by atoms with Gasteiger partial charge in [0.1, 0.15) is 17.1 Å². The number of amides is 1. The molecule has 0 aliphatic heterocycles. The van der Waals surface area contributed by atoms with Crippen molar-refractivity contribution in [3.63, 3.8) is 0 Å². The fourth-order valence-electron chi connectivity index (χ4n) is 4.38. The van der Waals surface area contributed by atoms with Crippen LogP contribution >= 0.6 is 0 Å². The van der Waals surface area contributed by atoms with Crippen molar-refractivity contribution in [2.75, 3.05) is 13.2 Å². The van der Waals surface area contributed by atoms with Gasteiger partial charge >= 0.3 is 0 Å². The molecule has 0 radical (unpaired) electrons. The Balaban J connectivity index is 1.55. The van der Waals surface area contributed by atoms with Crippen LogP contribution in [0, 0.1) is 6.92 Å². The molecule has 1 aliphatic carbocycles. The summed E-state index contributed by atoms with van der Waals surface area (Å²) in [6, 6.07) is 2.15. The third-order valence-electron chi connectivity index (χ3n) is 5.94. The Bertz CT molecular complexity index is 1090. The number of rotatable bonds is 8. The highest BCUT2D eigenvalue weighted by Gasteiger charge is 2.23. The summed E-state index contributed by atoms with van der Waals surface area (Å²) in [6.07, 6.45) is 12.4. The highest BCUT2D eigenvalue weighted by Crippen LogP contribution is 2.41. The third kappa shape index (κ3) is 4.53. The number of nitrogens with zero attached hydrogens (tertiary/aromatic N) is 2. The highest BCUT2D eigenvalue weighted by atomic mass is 16.5. The van der Waals surface area contributed by atoms with Gasteiger partial charge in [0.05, 0.1) is 12.9 Å². The predicted molar refractivity (Wildman–Crippen MR) is 122 cm³/mol. The third-order valence-corrected chi connectivity index (χ3v) is 5.94. The number of aryl methyl sites for hydroxylation is 4. The van der Waals surface area contributed by atoms with Crippen molar-refractivity contribution in [1.29, 1.82) is 0 Å². The number of furan rings is 1. The molecule has 1 amide bonds. The van der Waals surface area contributed by atoms with Gasteiger partial charge in [0, 0.05) is 60.1 Å². The van der Waals surface area contributed by atoms with Crippen molar-refractivity contribution in [3.8, 4) is 5.75 Å². The fraction of sp³-hybridized carbons (Fsp3) is 0.440. The van der Waals surface area contributed by atoms with Gasteiger partial charge in [-0.15, -0.1) is 0 Å². The lowest BCUT2D eigenvalue weighted by Gasteiger charge is -2.15. The van der Waals surface area contributed by atoms with Crippen molar-refractivity contribution in [3.05, 3.63) is 53.3 Å². The van der Waals surface area contributed by atoms with E-state index in [9.17, 15) is 4.79 Å². The Morgan fingerprint density at radius 1 is 1.35 bits per heavy atom. The van der Waals surface area contributed by atoms with Crippen LogP contribution in [0.4, 0.5) is 0 Å². The Kier molecular flexibility index (Phi) is 6.44. The van der Waals surface area contributed by atoms with E-state index in [-0.39, 0.29) is 5.91 Å². The first kappa shape index (κ1) is 21.2. The summed E-state index contributed by atoms with van der Waals surface area (Å²) in [6.45, 7) is 8.02. The summed E-state index contributed by atoms with van der Waals surface area (Å²) in [5.41, 5.74) is 5.12. The summed E-state index contributed by atoms with van der Waals surface area (Å²) in [5, 5.41) is 4.15. The molecule has 3 aromatic rings. The van der Waals surface area contributed by atoms with E-state index >= 15 is 0 Å². The molecular formula is C25H31N3O3. The second-order valence-electron chi connectivity index (χ2n) is 8.17. The van der Waals surface area contributed by atoms with Crippen molar-refractivity contribution >= 4 is 22.4 Å². The number of allylic oxidation sites excluding steroid dienone is 1. The molecule has 2 heterocycles. The average Bonchev–Trinajstić information content (AvgIpc) is 3.41. The van der Waals surface area contributed by atoms with Crippen molar-refractivity contribution < 1.29 is 13.9 Å². The van der Waals surface area contributed by atoms with Crippen LogP contribution in [-0.4, -0.2) is 28.6 Å². The summed E-state index contributed by atoms with van der Waals surface area (Å²) in [5.74, 6) is 1.83. The molecule has 1 N–H and O–H groups in total. The Morgan fingerprint density at radius 2 is 2.19 bits per heavy atom. The van der Waals surface area contributed by atoms with E-state index in [4.69, 9.17) is 9.15 Å². The monoisotopic (exact) mass is 421 g/mol. The van der Waals surface area contributed by atoms with Crippen molar-refractivity contribution in [2.24, 2.45) is 0 Å². The Hall–Kier alpha value is -3.02. The van der Waals surface area contributed by atoms with Crippen LogP contribution < -0.4 is 10.1 Å². The number of ether oxygens (including phenoxy) is 1. The Morgan fingerprint density at radius 3 is 2.97 bits per heavy atom. The summed E-state index contributed by atoms with van der Waals surface area (Å²) in [7, 11) is 0. The van der Waals surface area contributed by atoms with Gasteiger partial charge in [0.2, 0.25) is 5.91 Å². The van der Waals surface area contributed by atoms with Gasteiger partial charge in [-0.2, -0.15) is 0 Å². The molecule has 0 saturated heterocycles. The van der Waals surface area contributed by atoms with Crippen LogP contribution in [-0.2, 0) is 24.2 Å². The van der Waals surface area contributed by atoms with E-state index in [0.717, 1.165) is 59.6 Å². The smallest absolute Gasteiger partial charge is 0.244 e. The minimum absolute atomic E-state index is 0.0856. The molecule has 0 unspecified atom stereocenters. The first-order chi connectivity index (χ1) is 15.1. The van der Waals surface area contributed by atoms with Crippen LogP contribution in [0.1, 0.15) is 55.6 Å². The number of imidazole rings is 1. The van der Waals surface area contributed by atoms with Crippen LogP contribution in [0.25, 0.3) is 16.5 Å². The van der Waals surface area contributed by atoms with Gasteiger partial charge in [0.25, 0.3) is 0 Å². The van der Waals surface area contributed by atoms with E-state index in [0.29, 0.717) is 13.2 Å². The zero-order valence-corrected chi connectivity index (χ0v) is 18.7. The SMILES string of the molecule is CCOc1c(/C(C)=C/C(=O)NCCCn2ccnc2)cc2c3c(oc2c1C)CCCC3. The van der Waals surface area contributed by atoms with Crippen LogP contribution in [0.2, 0.25) is 0 Å². The number of hydrogen-bond acceptors (Lipinski definition) is 4. The minimum atomic E-state index is -0.0856. The standard InChI is InChI=1S/C25H31N3O3/c1-4-30-24-18(3)25-21(19-8-5-6-9-22(19)31-25)15-20(24)17(2)14-23(29)27-10-7-12-28-13-11-26-16-28/h11,13-16H,4-10,12H2,1-3H3,(H,27,29)/b17-14+. The van der Waals surface area contributed by atoms with Crippen LogP contribution in [0.3, 0.4) is 0 Å².